The van der Waals surface area contributed by atoms with Gasteiger partial charge in [-0.25, -0.2) is 4.79 Å². The van der Waals surface area contributed by atoms with Gasteiger partial charge in [0.15, 0.2) is 11.5 Å². The molecule has 1 aliphatic carbocycles. The quantitative estimate of drug-likeness (QED) is 0.614. The Balaban J connectivity index is 1.90. The molecule has 0 radical (unpaired) electrons. The molecule has 132 valence electrons. The molecule has 1 saturated carbocycles. The second-order valence-electron chi connectivity index (χ2n) is 6.11. The van der Waals surface area contributed by atoms with Gasteiger partial charge in [0.1, 0.15) is 11.9 Å². The number of esters is 1. The number of methoxy groups -OCH3 is 1. The summed E-state index contributed by atoms with van der Waals surface area (Å²) in [4.78, 5) is 12.8. The summed E-state index contributed by atoms with van der Waals surface area (Å²) in [6.07, 6.45) is 6.89. The average molecular weight is 342 g/mol. The fourth-order valence-corrected chi connectivity index (χ4v) is 2.94. The average Bonchev–Trinajstić information content (AvgIpc) is 3.06. The number of benzene rings is 1. The van der Waals surface area contributed by atoms with Crippen LogP contribution in [0.5, 0.6) is 5.75 Å². The Bertz CT molecular complexity index is 763. The van der Waals surface area contributed by atoms with Crippen molar-refractivity contribution in [2.45, 2.75) is 45.1 Å². The van der Waals surface area contributed by atoms with Gasteiger partial charge in [0.05, 0.1) is 7.11 Å². The maximum atomic E-state index is 12.8. The Morgan fingerprint density at radius 1 is 1.28 bits per heavy atom. The van der Waals surface area contributed by atoms with Crippen molar-refractivity contribution >= 4 is 17.7 Å². The predicted molar refractivity (Wildman–Crippen MR) is 92.7 cm³/mol. The second kappa shape index (κ2) is 7.92. The predicted octanol–water partition coefficient (Wildman–Crippen LogP) is 2.86. The highest BCUT2D eigenvalue weighted by Gasteiger charge is 2.23. The number of hydrogen-bond donors (Lipinski definition) is 0. The van der Waals surface area contributed by atoms with E-state index < -0.39 is 5.97 Å². The van der Waals surface area contributed by atoms with Crippen molar-refractivity contribution in [2.75, 3.05) is 7.11 Å². The zero-order valence-corrected chi connectivity index (χ0v) is 14.5. The molecule has 0 unspecified atom stereocenters. The van der Waals surface area contributed by atoms with E-state index >= 15 is 0 Å². The Labute approximate surface area is 146 Å². The van der Waals surface area contributed by atoms with Gasteiger partial charge in [0.2, 0.25) is 0 Å². The number of rotatable bonds is 5. The summed E-state index contributed by atoms with van der Waals surface area (Å²) in [5.41, 5.74) is 1.10. The normalized spacial score (nSPS) is 15.8. The first kappa shape index (κ1) is 17.1. The molecule has 3 rings (SSSR count). The minimum Gasteiger partial charge on any atom is -0.497 e. The minimum absolute atomic E-state index is 0.0354. The van der Waals surface area contributed by atoms with Crippen LogP contribution in [-0.4, -0.2) is 39.4 Å². The molecule has 0 amide bonds. The Morgan fingerprint density at radius 3 is 2.76 bits per heavy atom. The lowest BCUT2D eigenvalue weighted by Gasteiger charge is -2.22. The highest BCUT2D eigenvalue weighted by Crippen LogP contribution is 2.23. The van der Waals surface area contributed by atoms with E-state index in [0.717, 1.165) is 31.2 Å². The Morgan fingerprint density at radius 2 is 2.08 bits per heavy atom. The number of ether oxygens (including phenoxy) is 2. The van der Waals surface area contributed by atoms with Gasteiger partial charge < -0.3 is 9.47 Å². The third-order valence-corrected chi connectivity index (χ3v) is 4.29. The molecule has 2 aromatic rings. The van der Waals surface area contributed by atoms with Gasteiger partial charge in [-0.3, -0.25) is 0 Å². The monoisotopic (exact) mass is 342 g/mol. The van der Waals surface area contributed by atoms with Crippen LogP contribution in [0.2, 0.25) is 0 Å². The van der Waals surface area contributed by atoms with Crippen LogP contribution < -0.4 is 4.74 Å². The summed E-state index contributed by atoms with van der Waals surface area (Å²) in [6.45, 7) is 1.74. The number of aryl methyl sites for hydroxylation is 1. The number of hydrogen-bond acceptors (Lipinski definition) is 6. The smallest absolute Gasteiger partial charge is 0.357 e. The van der Waals surface area contributed by atoms with E-state index in [2.05, 4.69) is 15.5 Å². The molecule has 0 atom stereocenters. The minimum atomic E-state index is -0.412. The highest BCUT2D eigenvalue weighted by molar-refractivity contribution is 6.15. The van der Waals surface area contributed by atoms with Crippen LogP contribution in [0.4, 0.5) is 0 Å². The highest BCUT2D eigenvalue weighted by atomic mass is 16.5. The topological polar surface area (TPSA) is 79.1 Å². The lowest BCUT2D eigenvalue weighted by Crippen LogP contribution is -2.23. The number of carbonyl (C=O) groups is 1. The molecule has 25 heavy (non-hydrogen) atoms. The van der Waals surface area contributed by atoms with Crippen molar-refractivity contribution < 1.29 is 14.3 Å². The van der Waals surface area contributed by atoms with Gasteiger partial charge in [0, 0.05) is 0 Å². The molecule has 0 aliphatic heterocycles. The van der Waals surface area contributed by atoms with E-state index in [1.807, 2.05) is 24.3 Å². The van der Waals surface area contributed by atoms with Crippen LogP contribution in [0.3, 0.4) is 0 Å². The maximum absolute atomic E-state index is 12.8. The molecule has 1 aliphatic rings. The van der Waals surface area contributed by atoms with Gasteiger partial charge in [-0.05, 0) is 66.8 Å². The van der Waals surface area contributed by atoms with E-state index in [9.17, 15) is 4.79 Å². The summed E-state index contributed by atoms with van der Waals surface area (Å²) in [5, 5.41) is 11.4. The molecule has 7 nitrogen and oxygen atoms in total. The van der Waals surface area contributed by atoms with Crippen LogP contribution in [0, 0.1) is 6.92 Å². The van der Waals surface area contributed by atoms with Gasteiger partial charge in [0.25, 0.3) is 0 Å². The van der Waals surface area contributed by atoms with Crippen LogP contribution in [0.25, 0.3) is 11.8 Å². The fourth-order valence-electron chi connectivity index (χ4n) is 2.94. The van der Waals surface area contributed by atoms with Crippen molar-refractivity contribution in [3.63, 3.8) is 0 Å². The van der Waals surface area contributed by atoms with E-state index in [-0.39, 0.29) is 6.10 Å². The second-order valence-corrected chi connectivity index (χ2v) is 6.11. The van der Waals surface area contributed by atoms with E-state index in [4.69, 9.17) is 9.47 Å². The molecule has 7 heteroatoms. The third-order valence-electron chi connectivity index (χ3n) is 4.29. The molecular formula is C18H22N4O3. The van der Waals surface area contributed by atoms with Gasteiger partial charge in [-0.1, -0.05) is 18.6 Å². The molecule has 1 aromatic heterocycles. The summed E-state index contributed by atoms with van der Waals surface area (Å²) >= 11 is 0. The molecule has 0 N–H and O–H groups in total. The van der Waals surface area contributed by atoms with Crippen molar-refractivity contribution in [3.05, 3.63) is 35.7 Å². The van der Waals surface area contributed by atoms with Gasteiger partial charge in [-0.2, -0.15) is 4.68 Å². The van der Waals surface area contributed by atoms with Crippen molar-refractivity contribution in [1.29, 1.82) is 0 Å². The fraction of sp³-hybridized carbons (Fsp3) is 0.444. The van der Waals surface area contributed by atoms with Crippen molar-refractivity contribution in [3.8, 4) is 5.75 Å². The number of tetrazole rings is 1. The molecule has 0 spiro atoms. The largest absolute Gasteiger partial charge is 0.497 e. The molecular weight excluding hydrogens is 320 g/mol. The van der Waals surface area contributed by atoms with Gasteiger partial charge in [-0.15, -0.1) is 5.10 Å². The van der Waals surface area contributed by atoms with E-state index in [1.165, 1.54) is 11.1 Å². The van der Waals surface area contributed by atoms with Crippen molar-refractivity contribution in [1.82, 2.24) is 20.2 Å². The maximum Gasteiger partial charge on any atom is 0.357 e. The Hall–Kier alpha value is -2.70. The number of aromatic nitrogens is 4. The third kappa shape index (κ3) is 4.23. The molecule has 0 saturated heterocycles. The van der Waals surface area contributed by atoms with Crippen molar-refractivity contribution in [2.24, 2.45) is 0 Å². The first-order chi connectivity index (χ1) is 12.2. The standard InChI is InChI=1S/C18H22N4O3/c1-13-19-20-21-22(13)17(12-14-7-6-10-16(11-14)24-2)18(23)25-15-8-4-3-5-9-15/h6-7,10-12,15H,3-5,8-9H2,1-2H3/b17-12-. The number of carbonyl (C=O) groups excluding carboxylic acids is 1. The van der Waals surface area contributed by atoms with Gasteiger partial charge >= 0.3 is 5.97 Å². The number of nitrogens with zero attached hydrogens (tertiary/aromatic N) is 4. The van der Waals surface area contributed by atoms with Crippen LogP contribution >= 0.6 is 0 Å². The zero-order valence-electron chi connectivity index (χ0n) is 14.5. The molecule has 1 aromatic carbocycles. The first-order valence-corrected chi connectivity index (χ1v) is 8.49. The Kier molecular flexibility index (Phi) is 5.42. The van der Waals surface area contributed by atoms with Crippen LogP contribution in [0.1, 0.15) is 43.5 Å². The van der Waals surface area contributed by atoms with Crippen LogP contribution in [0.15, 0.2) is 24.3 Å². The summed E-state index contributed by atoms with van der Waals surface area (Å²) in [5.74, 6) is 0.821. The summed E-state index contributed by atoms with van der Waals surface area (Å²) in [7, 11) is 1.60. The molecule has 1 fully saturated rings. The molecule has 1 heterocycles. The van der Waals surface area contributed by atoms with E-state index in [0.29, 0.717) is 17.3 Å². The zero-order chi connectivity index (χ0) is 17.6. The lowest BCUT2D eigenvalue weighted by molar-refractivity contribution is -0.143. The SMILES string of the molecule is COc1cccc(/C=C(/C(=O)OC2CCCCC2)n2nnnc2C)c1. The summed E-state index contributed by atoms with van der Waals surface area (Å²) in [6, 6.07) is 7.44. The first-order valence-electron chi connectivity index (χ1n) is 8.49. The lowest BCUT2D eigenvalue weighted by atomic mass is 9.98. The van der Waals surface area contributed by atoms with E-state index in [1.54, 1.807) is 20.1 Å². The summed E-state index contributed by atoms with van der Waals surface area (Å²) < 4.78 is 12.4. The molecule has 0 bridgehead atoms. The van der Waals surface area contributed by atoms with Crippen LogP contribution in [-0.2, 0) is 9.53 Å².